The Morgan fingerprint density at radius 3 is 2.67 bits per heavy atom. The lowest BCUT2D eigenvalue weighted by Crippen LogP contribution is -2.19. The highest BCUT2D eigenvalue weighted by Gasteiger charge is 2.08. The minimum absolute atomic E-state index is 0.0623. The highest BCUT2D eigenvalue weighted by molar-refractivity contribution is 5.92. The molecule has 0 aliphatic heterocycles. The number of rotatable bonds is 3. The summed E-state index contributed by atoms with van der Waals surface area (Å²) in [6.45, 7) is 5.82. The molecule has 1 aromatic heterocycles. The summed E-state index contributed by atoms with van der Waals surface area (Å²) in [6, 6.07) is 1.94. The maximum atomic E-state index is 11.3. The minimum Gasteiger partial charge on any atom is -0.375 e. The zero-order valence-corrected chi connectivity index (χ0v) is 9.55. The number of carbonyl (C=O) groups excluding carboxylic acids is 1. The molecule has 1 amide bonds. The molecule has 1 aromatic rings. The summed E-state index contributed by atoms with van der Waals surface area (Å²) in [4.78, 5) is 15.6. The van der Waals surface area contributed by atoms with E-state index >= 15 is 0 Å². The van der Waals surface area contributed by atoms with E-state index in [-0.39, 0.29) is 12.5 Å². The fourth-order valence-electron chi connectivity index (χ4n) is 1.52. The molecule has 1 N–H and O–H groups in total. The van der Waals surface area contributed by atoms with Crippen molar-refractivity contribution in [2.75, 3.05) is 19.0 Å². The molecule has 0 atom stereocenters. The average molecular weight is 208 g/mol. The van der Waals surface area contributed by atoms with Crippen LogP contribution in [0.15, 0.2) is 6.07 Å². The summed E-state index contributed by atoms with van der Waals surface area (Å²) < 4.78 is 4.75. The minimum atomic E-state index is -0.158. The maximum absolute atomic E-state index is 11.3. The second kappa shape index (κ2) is 4.89. The SMILES string of the molecule is COCC(=O)Nc1c(C)cc(C)nc1C. The highest BCUT2D eigenvalue weighted by atomic mass is 16.5. The Kier molecular flexibility index (Phi) is 3.80. The Morgan fingerprint density at radius 2 is 2.13 bits per heavy atom. The van der Waals surface area contributed by atoms with Crippen molar-refractivity contribution in [3.8, 4) is 0 Å². The van der Waals surface area contributed by atoms with Crippen LogP contribution in [0, 0.1) is 20.8 Å². The fraction of sp³-hybridized carbons (Fsp3) is 0.455. The van der Waals surface area contributed by atoms with Crippen LogP contribution in [0.3, 0.4) is 0 Å². The van der Waals surface area contributed by atoms with Crippen molar-refractivity contribution in [1.29, 1.82) is 0 Å². The summed E-state index contributed by atoms with van der Waals surface area (Å²) in [7, 11) is 1.49. The highest BCUT2D eigenvalue weighted by Crippen LogP contribution is 2.18. The van der Waals surface area contributed by atoms with Crippen LogP contribution in [0.5, 0.6) is 0 Å². The molecule has 0 saturated carbocycles. The van der Waals surface area contributed by atoms with E-state index in [0.717, 1.165) is 22.6 Å². The third kappa shape index (κ3) is 3.02. The van der Waals surface area contributed by atoms with Gasteiger partial charge in [0.15, 0.2) is 0 Å². The zero-order valence-electron chi connectivity index (χ0n) is 9.55. The van der Waals surface area contributed by atoms with Gasteiger partial charge in [0.1, 0.15) is 6.61 Å². The van der Waals surface area contributed by atoms with Gasteiger partial charge in [0, 0.05) is 12.8 Å². The molecule has 4 nitrogen and oxygen atoms in total. The number of aryl methyl sites for hydroxylation is 3. The number of nitrogens with zero attached hydrogens (tertiary/aromatic N) is 1. The number of methoxy groups -OCH3 is 1. The Hall–Kier alpha value is -1.42. The smallest absolute Gasteiger partial charge is 0.250 e. The van der Waals surface area contributed by atoms with Gasteiger partial charge in [-0.1, -0.05) is 0 Å². The Labute approximate surface area is 89.7 Å². The first-order valence-corrected chi connectivity index (χ1v) is 4.78. The number of anilines is 1. The summed E-state index contributed by atoms with van der Waals surface area (Å²) >= 11 is 0. The van der Waals surface area contributed by atoms with Crippen molar-refractivity contribution in [2.45, 2.75) is 20.8 Å². The van der Waals surface area contributed by atoms with Gasteiger partial charge in [-0.25, -0.2) is 0 Å². The van der Waals surface area contributed by atoms with Crippen LogP contribution in [-0.2, 0) is 9.53 Å². The lowest BCUT2D eigenvalue weighted by Gasteiger charge is -2.11. The second-order valence-electron chi connectivity index (χ2n) is 3.52. The van der Waals surface area contributed by atoms with Crippen molar-refractivity contribution < 1.29 is 9.53 Å². The van der Waals surface area contributed by atoms with E-state index < -0.39 is 0 Å². The van der Waals surface area contributed by atoms with E-state index in [2.05, 4.69) is 10.3 Å². The van der Waals surface area contributed by atoms with Crippen molar-refractivity contribution in [2.24, 2.45) is 0 Å². The van der Waals surface area contributed by atoms with Gasteiger partial charge in [0.05, 0.1) is 11.4 Å². The summed E-state index contributed by atoms with van der Waals surface area (Å²) in [6.07, 6.45) is 0. The largest absolute Gasteiger partial charge is 0.375 e. The third-order valence-electron chi connectivity index (χ3n) is 2.07. The van der Waals surface area contributed by atoms with Gasteiger partial charge in [-0.15, -0.1) is 0 Å². The van der Waals surface area contributed by atoms with Crippen LogP contribution in [0.4, 0.5) is 5.69 Å². The van der Waals surface area contributed by atoms with Gasteiger partial charge in [0.2, 0.25) is 5.91 Å². The number of ether oxygens (including phenoxy) is 1. The van der Waals surface area contributed by atoms with E-state index in [9.17, 15) is 4.79 Å². The van der Waals surface area contributed by atoms with Gasteiger partial charge in [0.25, 0.3) is 0 Å². The van der Waals surface area contributed by atoms with Gasteiger partial charge < -0.3 is 10.1 Å². The normalized spacial score (nSPS) is 10.1. The predicted molar refractivity (Wildman–Crippen MR) is 59.0 cm³/mol. The monoisotopic (exact) mass is 208 g/mol. The average Bonchev–Trinajstić information content (AvgIpc) is 2.11. The molecule has 0 radical (unpaired) electrons. The van der Waals surface area contributed by atoms with Crippen molar-refractivity contribution >= 4 is 11.6 Å². The molecule has 15 heavy (non-hydrogen) atoms. The number of hydrogen-bond donors (Lipinski definition) is 1. The van der Waals surface area contributed by atoms with E-state index in [1.807, 2.05) is 26.8 Å². The Balaban J connectivity index is 2.90. The van der Waals surface area contributed by atoms with Gasteiger partial charge in [-0.05, 0) is 32.4 Å². The van der Waals surface area contributed by atoms with Crippen molar-refractivity contribution in [1.82, 2.24) is 4.98 Å². The van der Waals surface area contributed by atoms with E-state index in [0.29, 0.717) is 0 Å². The van der Waals surface area contributed by atoms with Crippen LogP contribution in [0.2, 0.25) is 0 Å². The summed E-state index contributed by atoms with van der Waals surface area (Å²) in [5.41, 5.74) is 3.58. The first-order chi connectivity index (χ1) is 7.04. The molecule has 1 heterocycles. The number of nitrogens with one attached hydrogen (secondary N) is 1. The number of hydrogen-bond acceptors (Lipinski definition) is 3. The van der Waals surface area contributed by atoms with Gasteiger partial charge >= 0.3 is 0 Å². The molecular formula is C11H16N2O2. The summed E-state index contributed by atoms with van der Waals surface area (Å²) in [5, 5.41) is 2.78. The predicted octanol–water partition coefficient (Wildman–Crippen LogP) is 1.59. The van der Waals surface area contributed by atoms with Gasteiger partial charge in [-0.3, -0.25) is 9.78 Å². The molecule has 4 heteroatoms. The molecule has 0 saturated heterocycles. The number of aromatic nitrogens is 1. The molecule has 0 bridgehead atoms. The van der Waals surface area contributed by atoms with Crippen molar-refractivity contribution in [3.05, 3.63) is 23.0 Å². The molecule has 82 valence electrons. The van der Waals surface area contributed by atoms with Crippen molar-refractivity contribution in [3.63, 3.8) is 0 Å². The first-order valence-electron chi connectivity index (χ1n) is 4.78. The molecule has 0 aliphatic rings. The van der Waals surface area contributed by atoms with Crippen LogP contribution in [0.1, 0.15) is 17.0 Å². The van der Waals surface area contributed by atoms with E-state index in [4.69, 9.17) is 4.74 Å². The lowest BCUT2D eigenvalue weighted by molar-refractivity contribution is -0.119. The maximum Gasteiger partial charge on any atom is 0.250 e. The molecule has 0 unspecified atom stereocenters. The third-order valence-corrected chi connectivity index (χ3v) is 2.07. The molecule has 0 aliphatic carbocycles. The van der Waals surface area contributed by atoms with E-state index in [1.165, 1.54) is 7.11 Å². The quantitative estimate of drug-likeness (QED) is 0.820. The van der Waals surface area contributed by atoms with Crippen LogP contribution < -0.4 is 5.32 Å². The molecule has 0 spiro atoms. The van der Waals surface area contributed by atoms with Gasteiger partial charge in [-0.2, -0.15) is 0 Å². The van der Waals surface area contributed by atoms with E-state index in [1.54, 1.807) is 0 Å². The lowest BCUT2D eigenvalue weighted by atomic mass is 10.1. The van der Waals surface area contributed by atoms with Crippen LogP contribution >= 0.6 is 0 Å². The fourth-order valence-corrected chi connectivity index (χ4v) is 1.52. The summed E-state index contributed by atoms with van der Waals surface area (Å²) in [5.74, 6) is -0.158. The topological polar surface area (TPSA) is 51.2 Å². The number of amides is 1. The number of carbonyl (C=O) groups is 1. The Morgan fingerprint density at radius 1 is 1.47 bits per heavy atom. The second-order valence-corrected chi connectivity index (χ2v) is 3.52. The molecule has 0 aromatic carbocycles. The first kappa shape index (κ1) is 11.7. The van der Waals surface area contributed by atoms with Crippen LogP contribution in [-0.4, -0.2) is 24.6 Å². The van der Waals surface area contributed by atoms with Crippen LogP contribution in [0.25, 0.3) is 0 Å². The number of pyridine rings is 1. The molecule has 1 rings (SSSR count). The molecular weight excluding hydrogens is 192 g/mol. The zero-order chi connectivity index (χ0) is 11.4. The molecule has 0 fully saturated rings. The Bertz CT molecular complexity index is 352. The standard InChI is InChI=1S/C11H16N2O2/c1-7-5-8(2)12-9(3)11(7)13-10(14)6-15-4/h5H,6H2,1-4H3,(H,13,14).